The highest BCUT2D eigenvalue weighted by Crippen LogP contribution is 2.30. The molecule has 1 aromatic rings. The molecule has 0 saturated carbocycles. The first-order valence-corrected chi connectivity index (χ1v) is 6.00. The second kappa shape index (κ2) is 5.21. The first-order chi connectivity index (χ1) is 7.77. The van der Waals surface area contributed by atoms with Gasteiger partial charge in [0.2, 0.25) is 0 Å². The van der Waals surface area contributed by atoms with Crippen molar-refractivity contribution in [2.24, 2.45) is 5.73 Å². The molecule has 0 radical (unpaired) electrons. The van der Waals surface area contributed by atoms with E-state index in [1.165, 1.54) is 5.69 Å². The smallest absolute Gasteiger partial charge is 0.142 e. The Hall–Kier alpha value is -1.22. The lowest BCUT2D eigenvalue weighted by Crippen LogP contribution is -2.29. The predicted octanol–water partition coefficient (Wildman–Crippen LogP) is 2.01. The third-order valence-electron chi connectivity index (χ3n) is 2.89. The number of anilines is 1. The number of rotatable bonds is 3. The molecule has 0 bridgehead atoms. The number of hydrogen-bond acceptors (Lipinski definition) is 3. The van der Waals surface area contributed by atoms with Gasteiger partial charge >= 0.3 is 0 Å². The molecule has 1 aliphatic rings. The highest BCUT2D eigenvalue weighted by Gasteiger charge is 2.15. The molecule has 3 heteroatoms. The van der Waals surface area contributed by atoms with Crippen LogP contribution in [0.25, 0.3) is 0 Å². The minimum Gasteiger partial charge on any atom is -0.491 e. The van der Waals surface area contributed by atoms with Crippen molar-refractivity contribution >= 4 is 5.69 Å². The summed E-state index contributed by atoms with van der Waals surface area (Å²) in [7, 11) is 0. The molecule has 88 valence electrons. The number of nitrogens with zero attached hydrogens (tertiary/aromatic N) is 1. The zero-order valence-electron chi connectivity index (χ0n) is 9.86. The van der Waals surface area contributed by atoms with Gasteiger partial charge in [-0.05, 0) is 31.9 Å². The highest BCUT2D eigenvalue weighted by atomic mass is 16.5. The van der Waals surface area contributed by atoms with E-state index >= 15 is 0 Å². The maximum absolute atomic E-state index is 5.81. The molecular formula is C13H20N2O. The lowest BCUT2D eigenvalue weighted by Gasteiger charge is -2.24. The van der Waals surface area contributed by atoms with E-state index < -0.39 is 0 Å². The van der Waals surface area contributed by atoms with Gasteiger partial charge in [0.05, 0.1) is 12.3 Å². The van der Waals surface area contributed by atoms with Gasteiger partial charge in [-0.15, -0.1) is 0 Å². The summed E-state index contributed by atoms with van der Waals surface area (Å²) in [6.45, 7) is 4.94. The molecule has 0 aromatic heterocycles. The van der Waals surface area contributed by atoms with Crippen LogP contribution in [-0.4, -0.2) is 25.7 Å². The van der Waals surface area contributed by atoms with Crippen LogP contribution >= 0.6 is 0 Å². The quantitative estimate of drug-likeness (QED) is 0.847. The van der Waals surface area contributed by atoms with Crippen molar-refractivity contribution in [3.63, 3.8) is 0 Å². The average molecular weight is 220 g/mol. The highest BCUT2D eigenvalue weighted by molar-refractivity contribution is 5.58. The van der Waals surface area contributed by atoms with E-state index in [0.29, 0.717) is 0 Å². The lowest BCUT2D eigenvalue weighted by atomic mass is 10.2. The summed E-state index contributed by atoms with van der Waals surface area (Å²) < 4.78 is 5.71. The summed E-state index contributed by atoms with van der Waals surface area (Å²) in [4.78, 5) is 2.38. The van der Waals surface area contributed by atoms with Gasteiger partial charge in [0, 0.05) is 19.1 Å². The topological polar surface area (TPSA) is 38.5 Å². The summed E-state index contributed by atoms with van der Waals surface area (Å²) >= 11 is 0. The fraction of sp³-hybridized carbons (Fsp3) is 0.538. The van der Waals surface area contributed by atoms with E-state index in [-0.39, 0.29) is 6.04 Å². The zero-order chi connectivity index (χ0) is 11.4. The number of hydrogen-bond donors (Lipinski definition) is 1. The Balaban J connectivity index is 2.12. The molecule has 1 aliphatic heterocycles. The Morgan fingerprint density at radius 2 is 2.25 bits per heavy atom. The Kier molecular flexibility index (Phi) is 3.67. The van der Waals surface area contributed by atoms with Crippen LogP contribution < -0.4 is 15.4 Å². The second-order valence-corrected chi connectivity index (χ2v) is 4.42. The molecule has 2 rings (SSSR count). The second-order valence-electron chi connectivity index (χ2n) is 4.42. The molecule has 0 saturated heterocycles. The van der Waals surface area contributed by atoms with Crippen LogP contribution in [0.4, 0.5) is 5.69 Å². The average Bonchev–Trinajstić information content (AvgIpc) is 2.48. The van der Waals surface area contributed by atoms with E-state index in [9.17, 15) is 0 Å². The van der Waals surface area contributed by atoms with E-state index in [0.717, 1.165) is 38.3 Å². The van der Waals surface area contributed by atoms with Gasteiger partial charge < -0.3 is 15.4 Å². The van der Waals surface area contributed by atoms with Crippen LogP contribution in [0.3, 0.4) is 0 Å². The van der Waals surface area contributed by atoms with Gasteiger partial charge in [-0.3, -0.25) is 0 Å². The number of benzene rings is 1. The third kappa shape index (κ3) is 2.67. The van der Waals surface area contributed by atoms with Crippen LogP contribution in [0.2, 0.25) is 0 Å². The molecule has 1 aromatic carbocycles. The van der Waals surface area contributed by atoms with E-state index in [2.05, 4.69) is 24.0 Å². The number of para-hydroxylation sites is 2. The number of ether oxygens (including phenoxy) is 1. The Morgan fingerprint density at radius 3 is 3.06 bits per heavy atom. The molecule has 2 N–H and O–H groups in total. The standard InChI is InChI=1S/C13H20N2O/c1-11(14)7-9-15-8-4-10-16-13-6-3-2-5-12(13)15/h2-3,5-6,11H,4,7-10,14H2,1H3. The third-order valence-corrected chi connectivity index (χ3v) is 2.89. The van der Waals surface area contributed by atoms with Gasteiger partial charge in [0.15, 0.2) is 0 Å². The maximum atomic E-state index is 5.81. The van der Waals surface area contributed by atoms with E-state index in [1.54, 1.807) is 0 Å². The van der Waals surface area contributed by atoms with Crippen molar-refractivity contribution < 1.29 is 4.74 Å². The summed E-state index contributed by atoms with van der Waals surface area (Å²) in [6.07, 6.45) is 2.10. The van der Waals surface area contributed by atoms with Gasteiger partial charge in [-0.2, -0.15) is 0 Å². The van der Waals surface area contributed by atoms with Crippen LogP contribution in [0, 0.1) is 0 Å². The van der Waals surface area contributed by atoms with Crippen LogP contribution in [0.1, 0.15) is 19.8 Å². The van der Waals surface area contributed by atoms with Gasteiger partial charge in [0.1, 0.15) is 5.75 Å². The molecule has 0 spiro atoms. The van der Waals surface area contributed by atoms with Crippen LogP contribution in [0.15, 0.2) is 24.3 Å². The van der Waals surface area contributed by atoms with Crippen molar-refractivity contribution in [2.45, 2.75) is 25.8 Å². The fourth-order valence-corrected chi connectivity index (χ4v) is 1.99. The Morgan fingerprint density at radius 1 is 1.44 bits per heavy atom. The molecule has 1 atom stereocenters. The number of nitrogens with two attached hydrogens (primary N) is 1. The summed E-state index contributed by atoms with van der Waals surface area (Å²) in [5, 5.41) is 0. The molecule has 1 unspecified atom stereocenters. The Labute approximate surface area is 97.2 Å². The van der Waals surface area contributed by atoms with Crippen LogP contribution in [0.5, 0.6) is 5.75 Å². The normalized spacial score (nSPS) is 17.2. The molecule has 0 aliphatic carbocycles. The van der Waals surface area contributed by atoms with Crippen molar-refractivity contribution in [3.8, 4) is 5.75 Å². The van der Waals surface area contributed by atoms with Gasteiger partial charge in [-0.1, -0.05) is 12.1 Å². The molecule has 1 heterocycles. The van der Waals surface area contributed by atoms with Crippen molar-refractivity contribution in [2.75, 3.05) is 24.6 Å². The fourth-order valence-electron chi connectivity index (χ4n) is 1.99. The molecule has 3 nitrogen and oxygen atoms in total. The number of fused-ring (bicyclic) bond motifs is 1. The summed E-state index contributed by atoms with van der Waals surface area (Å²) in [6, 6.07) is 8.51. The predicted molar refractivity (Wildman–Crippen MR) is 67.0 cm³/mol. The zero-order valence-corrected chi connectivity index (χ0v) is 9.86. The molecule has 16 heavy (non-hydrogen) atoms. The van der Waals surface area contributed by atoms with Gasteiger partial charge in [-0.25, -0.2) is 0 Å². The Bertz CT molecular complexity index is 338. The lowest BCUT2D eigenvalue weighted by molar-refractivity contribution is 0.322. The van der Waals surface area contributed by atoms with Gasteiger partial charge in [0.25, 0.3) is 0 Å². The van der Waals surface area contributed by atoms with Crippen molar-refractivity contribution in [1.29, 1.82) is 0 Å². The minimum absolute atomic E-state index is 0.260. The van der Waals surface area contributed by atoms with Crippen LogP contribution in [-0.2, 0) is 0 Å². The molecule has 0 amide bonds. The van der Waals surface area contributed by atoms with Crippen molar-refractivity contribution in [1.82, 2.24) is 0 Å². The SMILES string of the molecule is CC(N)CCN1CCCOc2ccccc21. The minimum atomic E-state index is 0.260. The monoisotopic (exact) mass is 220 g/mol. The maximum Gasteiger partial charge on any atom is 0.142 e. The summed E-state index contributed by atoms with van der Waals surface area (Å²) in [5.41, 5.74) is 7.02. The molecule has 0 fully saturated rings. The van der Waals surface area contributed by atoms with Crippen molar-refractivity contribution in [3.05, 3.63) is 24.3 Å². The largest absolute Gasteiger partial charge is 0.491 e. The summed E-state index contributed by atoms with van der Waals surface area (Å²) in [5.74, 6) is 1.00. The molecular weight excluding hydrogens is 200 g/mol. The van der Waals surface area contributed by atoms with E-state index in [1.807, 2.05) is 12.1 Å². The first kappa shape index (κ1) is 11.3. The first-order valence-electron chi connectivity index (χ1n) is 6.00. The van der Waals surface area contributed by atoms with E-state index in [4.69, 9.17) is 10.5 Å².